The minimum atomic E-state index is 0.309. The molecule has 0 fully saturated rings. The van der Waals surface area contributed by atoms with E-state index >= 15 is 0 Å². The van der Waals surface area contributed by atoms with E-state index in [4.69, 9.17) is 0 Å². The van der Waals surface area contributed by atoms with E-state index in [0.717, 1.165) is 19.6 Å². The lowest BCUT2D eigenvalue weighted by Crippen LogP contribution is -2.61. The van der Waals surface area contributed by atoms with Gasteiger partial charge in [-0.05, 0) is 57.2 Å². The van der Waals surface area contributed by atoms with Crippen molar-refractivity contribution in [3.05, 3.63) is 0 Å². The molecule has 0 bridgehead atoms. The molecule has 0 saturated carbocycles. The van der Waals surface area contributed by atoms with Gasteiger partial charge in [0, 0.05) is 11.6 Å². The second kappa shape index (κ2) is 9.84. The van der Waals surface area contributed by atoms with Crippen molar-refractivity contribution in [3.8, 4) is 0 Å². The van der Waals surface area contributed by atoms with E-state index in [1.165, 1.54) is 32.1 Å². The Hall–Kier alpha value is -0.0800. The van der Waals surface area contributed by atoms with Crippen molar-refractivity contribution >= 4 is 0 Å². The molecule has 0 rings (SSSR count). The molecule has 0 aliphatic carbocycles. The molecule has 0 aromatic heterocycles. The van der Waals surface area contributed by atoms with Gasteiger partial charge < -0.3 is 5.32 Å². The Morgan fingerprint density at radius 1 is 0.905 bits per heavy atom. The molecule has 1 atom stereocenters. The van der Waals surface area contributed by atoms with Crippen LogP contribution in [0.25, 0.3) is 0 Å². The summed E-state index contributed by atoms with van der Waals surface area (Å²) >= 11 is 0. The van der Waals surface area contributed by atoms with Gasteiger partial charge in [-0.15, -0.1) is 0 Å². The van der Waals surface area contributed by atoms with Gasteiger partial charge in [0.05, 0.1) is 0 Å². The minimum Gasteiger partial charge on any atom is -0.312 e. The molecule has 2 nitrogen and oxygen atoms in total. The zero-order valence-corrected chi connectivity index (χ0v) is 16.2. The number of hydrogen-bond donors (Lipinski definition) is 1. The van der Waals surface area contributed by atoms with E-state index in [9.17, 15) is 0 Å². The van der Waals surface area contributed by atoms with Crippen molar-refractivity contribution in [1.82, 2.24) is 10.2 Å². The first-order valence-corrected chi connectivity index (χ1v) is 9.29. The van der Waals surface area contributed by atoms with Crippen LogP contribution < -0.4 is 5.32 Å². The first-order chi connectivity index (χ1) is 9.81. The molecule has 2 heteroatoms. The standard InChI is InChI=1S/C19H42N2/c1-9-16-20-17(14-15-18(6,7)8)19(10-2,11-3)21(12-4)13-5/h17,20H,9-16H2,1-8H3. The molecule has 0 radical (unpaired) electrons. The van der Waals surface area contributed by atoms with Crippen LogP contribution in [0.5, 0.6) is 0 Å². The molecule has 0 aromatic carbocycles. The Labute approximate surface area is 135 Å². The summed E-state index contributed by atoms with van der Waals surface area (Å²) < 4.78 is 0. The fourth-order valence-electron chi connectivity index (χ4n) is 3.72. The number of rotatable bonds is 11. The monoisotopic (exact) mass is 298 g/mol. The van der Waals surface area contributed by atoms with Gasteiger partial charge in [0.2, 0.25) is 0 Å². The van der Waals surface area contributed by atoms with Gasteiger partial charge in [-0.25, -0.2) is 0 Å². The van der Waals surface area contributed by atoms with E-state index in [1.54, 1.807) is 0 Å². The average Bonchev–Trinajstić information content (AvgIpc) is 2.44. The van der Waals surface area contributed by atoms with Crippen LogP contribution in [-0.4, -0.2) is 36.1 Å². The summed E-state index contributed by atoms with van der Waals surface area (Å²) in [5.41, 5.74) is 0.729. The van der Waals surface area contributed by atoms with Crippen LogP contribution in [0.3, 0.4) is 0 Å². The highest BCUT2D eigenvalue weighted by molar-refractivity contribution is 4.99. The van der Waals surface area contributed by atoms with Crippen molar-refractivity contribution < 1.29 is 0 Å². The summed E-state index contributed by atoms with van der Waals surface area (Å²) in [5.74, 6) is 0. The van der Waals surface area contributed by atoms with Gasteiger partial charge in [-0.3, -0.25) is 4.90 Å². The van der Waals surface area contributed by atoms with Crippen LogP contribution in [0.2, 0.25) is 0 Å². The van der Waals surface area contributed by atoms with E-state index in [2.05, 4.69) is 65.6 Å². The van der Waals surface area contributed by atoms with E-state index < -0.39 is 0 Å². The molecule has 0 amide bonds. The largest absolute Gasteiger partial charge is 0.312 e. The Morgan fingerprint density at radius 2 is 1.43 bits per heavy atom. The lowest BCUT2D eigenvalue weighted by atomic mass is 9.77. The molecule has 128 valence electrons. The molecule has 1 N–H and O–H groups in total. The predicted molar refractivity (Wildman–Crippen MR) is 97.0 cm³/mol. The number of nitrogens with zero attached hydrogens (tertiary/aromatic N) is 1. The van der Waals surface area contributed by atoms with Crippen molar-refractivity contribution in [2.75, 3.05) is 19.6 Å². The maximum absolute atomic E-state index is 3.89. The van der Waals surface area contributed by atoms with Crippen LogP contribution in [-0.2, 0) is 0 Å². The normalized spacial score (nSPS) is 14.7. The third-order valence-electron chi connectivity index (χ3n) is 5.09. The predicted octanol–water partition coefficient (Wildman–Crippen LogP) is 5.08. The molecule has 0 saturated heterocycles. The fourth-order valence-corrected chi connectivity index (χ4v) is 3.72. The molecule has 0 aliphatic rings. The average molecular weight is 299 g/mol. The van der Waals surface area contributed by atoms with Crippen LogP contribution in [0, 0.1) is 5.41 Å². The highest BCUT2D eigenvalue weighted by Crippen LogP contribution is 2.33. The molecular weight excluding hydrogens is 256 g/mol. The summed E-state index contributed by atoms with van der Waals surface area (Å²) in [5, 5.41) is 3.89. The van der Waals surface area contributed by atoms with Gasteiger partial charge in [0.25, 0.3) is 0 Å². The van der Waals surface area contributed by atoms with Gasteiger partial charge in [-0.2, -0.15) is 0 Å². The van der Waals surface area contributed by atoms with Crippen molar-refractivity contribution in [3.63, 3.8) is 0 Å². The number of hydrogen-bond acceptors (Lipinski definition) is 2. The maximum Gasteiger partial charge on any atom is 0.0357 e. The lowest BCUT2D eigenvalue weighted by Gasteiger charge is -2.49. The molecule has 0 aliphatic heterocycles. The van der Waals surface area contributed by atoms with Gasteiger partial charge in [0.1, 0.15) is 0 Å². The van der Waals surface area contributed by atoms with Gasteiger partial charge in [0.15, 0.2) is 0 Å². The van der Waals surface area contributed by atoms with Crippen molar-refractivity contribution in [1.29, 1.82) is 0 Å². The highest BCUT2D eigenvalue weighted by atomic mass is 15.2. The SMILES string of the molecule is CCCNC(CCC(C)(C)C)C(CC)(CC)N(CC)CC. The summed E-state index contributed by atoms with van der Waals surface area (Å²) in [6, 6.07) is 0.603. The third kappa shape index (κ3) is 6.28. The zero-order valence-electron chi connectivity index (χ0n) is 16.2. The molecule has 1 unspecified atom stereocenters. The summed E-state index contributed by atoms with van der Waals surface area (Å²) in [4.78, 5) is 2.70. The number of likely N-dealkylation sites (N-methyl/N-ethyl adjacent to an activating group) is 1. The quantitative estimate of drug-likeness (QED) is 0.572. The summed E-state index contributed by atoms with van der Waals surface area (Å²) in [7, 11) is 0. The summed E-state index contributed by atoms with van der Waals surface area (Å²) in [6.45, 7) is 22.2. The van der Waals surface area contributed by atoms with Crippen LogP contribution in [0.1, 0.15) is 87.5 Å². The van der Waals surface area contributed by atoms with Crippen molar-refractivity contribution in [2.45, 2.75) is 99.1 Å². The van der Waals surface area contributed by atoms with Crippen molar-refractivity contribution in [2.24, 2.45) is 5.41 Å². The second-order valence-corrected chi connectivity index (χ2v) is 7.59. The minimum absolute atomic E-state index is 0.309. The maximum atomic E-state index is 3.89. The van der Waals surface area contributed by atoms with Crippen LogP contribution >= 0.6 is 0 Å². The van der Waals surface area contributed by atoms with Gasteiger partial charge >= 0.3 is 0 Å². The first-order valence-electron chi connectivity index (χ1n) is 9.29. The topological polar surface area (TPSA) is 15.3 Å². The highest BCUT2D eigenvalue weighted by Gasteiger charge is 2.39. The van der Waals surface area contributed by atoms with E-state index in [1.807, 2.05) is 0 Å². The number of nitrogens with one attached hydrogen (secondary N) is 1. The molecule has 21 heavy (non-hydrogen) atoms. The summed E-state index contributed by atoms with van der Waals surface area (Å²) in [6.07, 6.45) is 6.25. The molecular formula is C19H42N2. The Balaban J connectivity index is 5.25. The third-order valence-corrected chi connectivity index (χ3v) is 5.09. The van der Waals surface area contributed by atoms with E-state index in [0.29, 0.717) is 17.0 Å². The van der Waals surface area contributed by atoms with E-state index in [-0.39, 0.29) is 0 Å². The molecule has 0 spiro atoms. The fraction of sp³-hybridized carbons (Fsp3) is 1.00. The lowest BCUT2D eigenvalue weighted by molar-refractivity contribution is 0.0420. The Kier molecular flexibility index (Phi) is 9.80. The Morgan fingerprint density at radius 3 is 1.76 bits per heavy atom. The second-order valence-electron chi connectivity index (χ2n) is 7.59. The zero-order chi connectivity index (χ0) is 16.5. The molecule has 0 heterocycles. The first kappa shape index (κ1) is 20.9. The molecule has 0 aromatic rings. The Bertz CT molecular complexity index is 247. The van der Waals surface area contributed by atoms with Gasteiger partial charge in [-0.1, -0.05) is 55.4 Å². The van der Waals surface area contributed by atoms with Crippen LogP contribution in [0.4, 0.5) is 0 Å². The smallest absolute Gasteiger partial charge is 0.0357 e. The van der Waals surface area contributed by atoms with Crippen LogP contribution in [0.15, 0.2) is 0 Å².